The van der Waals surface area contributed by atoms with Gasteiger partial charge in [-0.2, -0.15) is 0 Å². The van der Waals surface area contributed by atoms with Crippen LogP contribution in [0, 0.1) is 0 Å². The second kappa shape index (κ2) is 56.8. The molecule has 0 aromatic rings. The van der Waals surface area contributed by atoms with Crippen molar-refractivity contribution in [3.8, 4) is 0 Å². The normalized spacial score (nSPS) is 19.1. The Hall–Kier alpha value is -2.64. The Morgan fingerprint density at radius 3 is 1.38 bits per heavy atom. The minimum absolute atomic E-state index is 0.110. The van der Waals surface area contributed by atoms with Gasteiger partial charge in [0.2, 0.25) is 5.91 Å². The monoisotopic (exact) mass is 1130 g/mol. The highest BCUT2D eigenvalue weighted by Crippen LogP contribution is 2.26. The lowest BCUT2D eigenvalue weighted by atomic mass is 9.99. The predicted molar refractivity (Wildman–Crippen MR) is 333 cm³/mol. The molecule has 0 aromatic heterocycles. The fourth-order valence-corrected chi connectivity index (χ4v) is 10.3. The van der Waals surface area contributed by atoms with Gasteiger partial charge in [0.1, 0.15) is 24.4 Å². The summed E-state index contributed by atoms with van der Waals surface area (Å²) in [5, 5.41) is 57.1. The maximum Gasteiger partial charge on any atom is 0.306 e. The molecule has 1 aliphatic heterocycles. The average molecular weight is 1130 g/mol. The number of esters is 1. The fraction of sp³-hybridized carbons (Fsp3) is 0.826. The molecule has 466 valence electrons. The molecule has 1 fully saturated rings. The number of carbonyl (C=O) groups excluding carboxylic acids is 2. The van der Waals surface area contributed by atoms with E-state index in [2.05, 4.69) is 74.7 Å². The second-order valence-electron chi connectivity index (χ2n) is 23.2. The number of nitrogens with one attached hydrogen (secondary N) is 1. The maximum absolute atomic E-state index is 13.5. The van der Waals surface area contributed by atoms with Crippen LogP contribution in [0.1, 0.15) is 303 Å². The van der Waals surface area contributed by atoms with Crippen molar-refractivity contribution in [2.24, 2.45) is 0 Å². The molecule has 1 aliphatic rings. The molecule has 11 heteroatoms. The van der Waals surface area contributed by atoms with Gasteiger partial charge in [0.05, 0.1) is 25.4 Å². The number of hydrogen-bond donors (Lipinski definition) is 6. The lowest BCUT2D eigenvalue weighted by molar-refractivity contribution is -0.305. The summed E-state index contributed by atoms with van der Waals surface area (Å²) in [7, 11) is 0. The Morgan fingerprint density at radius 1 is 0.500 bits per heavy atom. The van der Waals surface area contributed by atoms with Crippen molar-refractivity contribution in [1.29, 1.82) is 0 Å². The zero-order valence-corrected chi connectivity index (χ0v) is 51.7. The molecule has 1 saturated heterocycles. The fourth-order valence-electron chi connectivity index (χ4n) is 10.3. The van der Waals surface area contributed by atoms with Gasteiger partial charge in [-0.05, 0) is 83.5 Å². The third-order valence-electron chi connectivity index (χ3n) is 15.7. The molecule has 6 N–H and O–H groups in total. The first kappa shape index (κ1) is 75.4. The van der Waals surface area contributed by atoms with Gasteiger partial charge in [-0.1, -0.05) is 274 Å². The van der Waals surface area contributed by atoms with Gasteiger partial charge >= 0.3 is 5.97 Å². The van der Waals surface area contributed by atoms with Crippen molar-refractivity contribution in [2.75, 3.05) is 13.2 Å². The molecule has 1 amide bonds. The SMILES string of the molecule is CCCCC/C=C\C/C=C\CCCCCCCCCCCCCCCCC(O)C(=O)NC(COC1OC(CO)C(O)C(O)C1OC(=O)CCCCCCCC/C=C/C=C/CCCCC)C(O)/C=C/CCCCCCCCCCCC. The molecular weight excluding hydrogens is 1000 g/mol. The van der Waals surface area contributed by atoms with E-state index in [0.717, 1.165) is 89.9 Å². The van der Waals surface area contributed by atoms with Gasteiger partial charge in [-0.25, -0.2) is 0 Å². The summed E-state index contributed by atoms with van der Waals surface area (Å²) in [6, 6.07) is -1.03. The number of hydrogen-bond acceptors (Lipinski definition) is 10. The summed E-state index contributed by atoms with van der Waals surface area (Å²) < 4.78 is 17.6. The first-order chi connectivity index (χ1) is 39.2. The zero-order valence-electron chi connectivity index (χ0n) is 51.7. The summed E-state index contributed by atoms with van der Waals surface area (Å²) in [5.41, 5.74) is 0. The number of aliphatic hydroxyl groups excluding tert-OH is 5. The van der Waals surface area contributed by atoms with Gasteiger partial charge in [-0.15, -0.1) is 0 Å². The summed E-state index contributed by atoms with van der Waals surface area (Å²) in [6.45, 7) is 5.75. The van der Waals surface area contributed by atoms with Gasteiger partial charge < -0.3 is 45.1 Å². The van der Waals surface area contributed by atoms with Crippen molar-refractivity contribution in [2.45, 2.75) is 352 Å². The summed E-state index contributed by atoms with van der Waals surface area (Å²) in [6.07, 6.45) is 61.2. The third kappa shape index (κ3) is 44.0. The van der Waals surface area contributed by atoms with E-state index in [1.165, 1.54) is 167 Å². The highest BCUT2D eigenvalue weighted by molar-refractivity contribution is 5.80. The van der Waals surface area contributed by atoms with Crippen molar-refractivity contribution < 1.29 is 49.3 Å². The average Bonchev–Trinajstić information content (AvgIpc) is 3.46. The van der Waals surface area contributed by atoms with Gasteiger partial charge in [0.15, 0.2) is 12.4 Å². The Morgan fingerprint density at radius 2 is 0.900 bits per heavy atom. The molecule has 0 bridgehead atoms. The minimum atomic E-state index is -1.62. The van der Waals surface area contributed by atoms with Crippen LogP contribution in [-0.2, 0) is 23.8 Å². The Bertz CT molecular complexity index is 1530. The summed E-state index contributed by atoms with van der Waals surface area (Å²) >= 11 is 0. The van der Waals surface area contributed by atoms with E-state index in [-0.39, 0.29) is 13.0 Å². The lowest BCUT2D eigenvalue weighted by Gasteiger charge is -2.41. The van der Waals surface area contributed by atoms with E-state index in [4.69, 9.17) is 14.2 Å². The van der Waals surface area contributed by atoms with E-state index in [0.29, 0.717) is 19.3 Å². The van der Waals surface area contributed by atoms with E-state index < -0.39 is 67.4 Å². The van der Waals surface area contributed by atoms with Crippen LogP contribution in [-0.4, -0.2) is 99.6 Å². The highest BCUT2D eigenvalue weighted by Gasteiger charge is 2.47. The Labute approximate surface area is 490 Å². The molecule has 0 spiro atoms. The summed E-state index contributed by atoms with van der Waals surface area (Å²) in [5.74, 6) is -1.20. The van der Waals surface area contributed by atoms with Crippen molar-refractivity contribution >= 4 is 11.9 Å². The van der Waals surface area contributed by atoms with Crippen LogP contribution in [0.4, 0.5) is 0 Å². The van der Waals surface area contributed by atoms with Crippen LogP contribution in [0.5, 0.6) is 0 Å². The Kier molecular flexibility index (Phi) is 53.5. The molecule has 80 heavy (non-hydrogen) atoms. The van der Waals surface area contributed by atoms with Crippen LogP contribution in [0.25, 0.3) is 0 Å². The largest absolute Gasteiger partial charge is 0.454 e. The first-order valence-corrected chi connectivity index (χ1v) is 33.6. The molecule has 1 heterocycles. The van der Waals surface area contributed by atoms with Crippen LogP contribution in [0.3, 0.4) is 0 Å². The molecule has 0 saturated carbocycles. The van der Waals surface area contributed by atoms with Gasteiger partial charge in [0, 0.05) is 6.42 Å². The van der Waals surface area contributed by atoms with Crippen LogP contribution >= 0.6 is 0 Å². The van der Waals surface area contributed by atoms with Crippen LogP contribution < -0.4 is 5.32 Å². The number of unbranched alkanes of at least 4 members (excludes halogenated alkanes) is 36. The number of aliphatic hydroxyl groups is 5. The van der Waals surface area contributed by atoms with Gasteiger partial charge in [-0.3, -0.25) is 9.59 Å². The molecule has 8 unspecified atom stereocenters. The van der Waals surface area contributed by atoms with Crippen molar-refractivity contribution in [3.05, 3.63) is 60.8 Å². The molecule has 0 radical (unpaired) electrons. The maximum atomic E-state index is 13.5. The first-order valence-electron chi connectivity index (χ1n) is 33.6. The molecule has 0 aromatic carbocycles. The molecular formula is C69H125NO10. The topological polar surface area (TPSA) is 175 Å². The standard InChI is InChI=1S/C69H125NO10/c1-4-7-10-13-16-19-22-25-27-28-29-30-31-32-33-34-35-37-38-41-44-47-50-53-56-62(73)68(77)70-60(61(72)55-52-49-46-43-40-24-21-18-15-12-9-6-3)59-78-69-67(66(76)65(75)63(58-71)79-69)80-64(74)57-54-51-48-45-42-39-36-26-23-20-17-14-11-8-5-2/h16-17,19-20,23,25-27,52,55,60-63,65-67,69,71-73,75-76H,4-15,18,21-22,24,28-51,53-54,56-59H2,1-3H3,(H,70,77)/b19-16-,20-17+,26-23+,27-25-,55-52+. The third-order valence-corrected chi connectivity index (χ3v) is 15.7. The number of ether oxygens (including phenoxy) is 3. The van der Waals surface area contributed by atoms with Crippen LogP contribution in [0.15, 0.2) is 60.8 Å². The smallest absolute Gasteiger partial charge is 0.306 e. The van der Waals surface area contributed by atoms with E-state index in [1.54, 1.807) is 6.08 Å². The van der Waals surface area contributed by atoms with E-state index in [9.17, 15) is 35.1 Å². The lowest BCUT2D eigenvalue weighted by Crippen LogP contribution is -2.61. The molecule has 1 rings (SSSR count). The number of allylic oxidation sites excluding steroid dienone is 9. The van der Waals surface area contributed by atoms with Crippen molar-refractivity contribution in [3.63, 3.8) is 0 Å². The van der Waals surface area contributed by atoms with Crippen molar-refractivity contribution in [1.82, 2.24) is 5.32 Å². The zero-order chi connectivity index (χ0) is 58.2. The van der Waals surface area contributed by atoms with Crippen LogP contribution in [0.2, 0.25) is 0 Å². The molecule has 0 aliphatic carbocycles. The molecule has 8 atom stereocenters. The number of rotatable bonds is 57. The predicted octanol–water partition coefficient (Wildman–Crippen LogP) is 16.6. The number of carbonyl (C=O) groups is 2. The van der Waals surface area contributed by atoms with E-state index in [1.807, 2.05) is 6.08 Å². The Balaban J connectivity index is 2.60. The number of amides is 1. The van der Waals surface area contributed by atoms with Gasteiger partial charge in [0.25, 0.3) is 0 Å². The minimum Gasteiger partial charge on any atom is -0.454 e. The second-order valence-corrected chi connectivity index (χ2v) is 23.2. The molecule has 11 nitrogen and oxygen atoms in total. The summed E-state index contributed by atoms with van der Waals surface area (Å²) in [4.78, 5) is 26.6. The highest BCUT2D eigenvalue weighted by atomic mass is 16.7. The van der Waals surface area contributed by atoms with E-state index >= 15 is 0 Å². The quantitative estimate of drug-likeness (QED) is 0.0149.